The van der Waals surface area contributed by atoms with Gasteiger partial charge in [0.15, 0.2) is 0 Å². The van der Waals surface area contributed by atoms with Crippen molar-refractivity contribution < 1.29 is 4.74 Å². The molecule has 0 saturated carbocycles. The highest BCUT2D eigenvalue weighted by Gasteiger charge is 2.23. The summed E-state index contributed by atoms with van der Waals surface area (Å²) in [5.41, 5.74) is 4.36. The summed E-state index contributed by atoms with van der Waals surface area (Å²) in [6, 6.07) is 27.5. The van der Waals surface area contributed by atoms with Crippen molar-refractivity contribution in [3.63, 3.8) is 0 Å². The van der Waals surface area contributed by atoms with Gasteiger partial charge in [-0.1, -0.05) is 74.0 Å². The maximum absolute atomic E-state index is 5.97. The van der Waals surface area contributed by atoms with Gasteiger partial charge in [0.2, 0.25) is 0 Å². The van der Waals surface area contributed by atoms with E-state index in [1.54, 1.807) is 0 Å². The molecule has 3 aromatic carbocycles. The second kappa shape index (κ2) is 8.90. The molecule has 0 amide bonds. The van der Waals surface area contributed by atoms with Gasteiger partial charge < -0.3 is 4.74 Å². The Morgan fingerprint density at radius 1 is 0.815 bits per heavy atom. The SMILES string of the molecule is CCC(C)(CCCc1cccc(Oc2ccccc2)c1)c1ccc(C)cc1. The van der Waals surface area contributed by atoms with Gasteiger partial charge >= 0.3 is 0 Å². The van der Waals surface area contributed by atoms with Gasteiger partial charge in [0.05, 0.1) is 0 Å². The summed E-state index contributed by atoms with van der Waals surface area (Å²) in [6.07, 6.45) is 4.60. The first-order chi connectivity index (χ1) is 13.1. The summed E-state index contributed by atoms with van der Waals surface area (Å²) in [6.45, 7) is 6.85. The predicted molar refractivity (Wildman–Crippen MR) is 115 cm³/mol. The summed E-state index contributed by atoms with van der Waals surface area (Å²) in [4.78, 5) is 0. The average molecular weight is 359 g/mol. The van der Waals surface area contributed by atoms with Crippen molar-refractivity contribution in [2.75, 3.05) is 0 Å². The van der Waals surface area contributed by atoms with Gasteiger partial charge in [0, 0.05) is 0 Å². The van der Waals surface area contributed by atoms with Crippen molar-refractivity contribution in [3.8, 4) is 11.5 Å². The molecule has 0 saturated heterocycles. The van der Waals surface area contributed by atoms with E-state index in [2.05, 4.69) is 63.2 Å². The fraction of sp³-hybridized carbons (Fsp3) is 0.308. The highest BCUT2D eigenvalue weighted by Crippen LogP contribution is 2.33. The molecule has 1 nitrogen and oxygen atoms in total. The van der Waals surface area contributed by atoms with Gasteiger partial charge in [-0.3, -0.25) is 0 Å². The Balaban J connectivity index is 1.61. The van der Waals surface area contributed by atoms with Gasteiger partial charge in [0.25, 0.3) is 0 Å². The summed E-state index contributed by atoms with van der Waals surface area (Å²) in [7, 11) is 0. The number of rotatable bonds is 8. The maximum atomic E-state index is 5.97. The minimum Gasteiger partial charge on any atom is -0.457 e. The minimum atomic E-state index is 0.242. The van der Waals surface area contributed by atoms with Crippen LogP contribution in [0.25, 0.3) is 0 Å². The second-order valence-electron chi connectivity index (χ2n) is 7.70. The molecule has 1 atom stereocenters. The highest BCUT2D eigenvalue weighted by atomic mass is 16.5. The molecule has 0 bridgehead atoms. The van der Waals surface area contributed by atoms with E-state index in [-0.39, 0.29) is 5.41 Å². The van der Waals surface area contributed by atoms with E-state index in [0.717, 1.165) is 24.3 Å². The first kappa shape index (κ1) is 19.2. The molecule has 3 aromatic rings. The molecular weight excluding hydrogens is 328 g/mol. The Hall–Kier alpha value is -2.54. The molecule has 0 aliphatic rings. The highest BCUT2D eigenvalue weighted by molar-refractivity contribution is 5.34. The van der Waals surface area contributed by atoms with Crippen LogP contribution >= 0.6 is 0 Å². The van der Waals surface area contributed by atoms with Gasteiger partial charge in [-0.05, 0) is 73.4 Å². The Morgan fingerprint density at radius 3 is 2.22 bits per heavy atom. The number of para-hydroxylation sites is 1. The monoisotopic (exact) mass is 358 g/mol. The van der Waals surface area contributed by atoms with Crippen LogP contribution in [-0.2, 0) is 11.8 Å². The number of aryl methyl sites for hydroxylation is 2. The molecule has 27 heavy (non-hydrogen) atoms. The fourth-order valence-corrected chi connectivity index (χ4v) is 3.55. The van der Waals surface area contributed by atoms with Crippen LogP contribution in [0.15, 0.2) is 78.9 Å². The van der Waals surface area contributed by atoms with Crippen LogP contribution in [0.4, 0.5) is 0 Å². The van der Waals surface area contributed by atoms with Gasteiger partial charge in [-0.15, -0.1) is 0 Å². The summed E-state index contributed by atoms with van der Waals surface area (Å²) >= 11 is 0. The van der Waals surface area contributed by atoms with E-state index in [4.69, 9.17) is 4.74 Å². The Labute approximate surface area is 164 Å². The number of benzene rings is 3. The van der Waals surface area contributed by atoms with Crippen LogP contribution in [0.5, 0.6) is 11.5 Å². The second-order valence-corrected chi connectivity index (χ2v) is 7.70. The maximum Gasteiger partial charge on any atom is 0.127 e. The molecule has 0 radical (unpaired) electrons. The Kier molecular flexibility index (Phi) is 6.34. The smallest absolute Gasteiger partial charge is 0.127 e. The lowest BCUT2D eigenvalue weighted by Crippen LogP contribution is -2.21. The lowest BCUT2D eigenvalue weighted by molar-refractivity contribution is 0.405. The molecule has 0 N–H and O–H groups in total. The summed E-state index contributed by atoms with van der Waals surface area (Å²) in [5.74, 6) is 1.79. The topological polar surface area (TPSA) is 9.23 Å². The normalized spacial score (nSPS) is 13.1. The molecule has 0 heterocycles. The Morgan fingerprint density at radius 2 is 1.52 bits per heavy atom. The first-order valence-corrected chi connectivity index (χ1v) is 9.98. The van der Waals surface area contributed by atoms with E-state index < -0.39 is 0 Å². The molecule has 0 aliphatic heterocycles. The van der Waals surface area contributed by atoms with Crippen molar-refractivity contribution in [2.45, 2.75) is 51.9 Å². The van der Waals surface area contributed by atoms with E-state index >= 15 is 0 Å². The number of hydrogen-bond donors (Lipinski definition) is 0. The van der Waals surface area contributed by atoms with E-state index in [1.165, 1.54) is 29.5 Å². The molecule has 0 spiro atoms. The largest absolute Gasteiger partial charge is 0.457 e. The van der Waals surface area contributed by atoms with Crippen LogP contribution < -0.4 is 4.74 Å². The van der Waals surface area contributed by atoms with Gasteiger partial charge in [0.1, 0.15) is 11.5 Å². The zero-order chi connectivity index (χ0) is 19.1. The molecule has 1 heteroatoms. The van der Waals surface area contributed by atoms with Crippen LogP contribution in [-0.4, -0.2) is 0 Å². The van der Waals surface area contributed by atoms with Crippen molar-refractivity contribution in [1.82, 2.24) is 0 Å². The van der Waals surface area contributed by atoms with Gasteiger partial charge in [-0.2, -0.15) is 0 Å². The zero-order valence-electron chi connectivity index (χ0n) is 16.7. The summed E-state index contributed by atoms with van der Waals surface area (Å²) in [5, 5.41) is 0. The Bertz CT molecular complexity index is 836. The third-order valence-electron chi connectivity index (χ3n) is 5.60. The minimum absolute atomic E-state index is 0.242. The zero-order valence-corrected chi connectivity index (χ0v) is 16.7. The van der Waals surface area contributed by atoms with Crippen LogP contribution in [0, 0.1) is 6.92 Å². The van der Waals surface area contributed by atoms with Crippen LogP contribution in [0.1, 0.15) is 49.8 Å². The molecule has 1 unspecified atom stereocenters. The van der Waals surface area contributed by atoms with Crippen LogP contribution in [0.3, 0.4) is 0 Å². The molecular formula is C26H30O. The standard InChI is InChI=1S/C26H30O/c1-4-26(3,23-17-15-21(2)16-18-23)19-9-11-22-10-8-14-25(20-22)27-24-12-6-5-7-13-24/h5-8,10,12-18,20H,4,9,11,19H2,1-3H3. The summed E-state index contributed by atoms with van der Waals surface area (Å²) < 4.78 is 5.97. The average Bonchev–Trinajstić information content (AvgIpc) is 2.69. The lowest BCUT2D eigenvalue weighted by Gasteiger charge is -2.29. The molecule has 0 fully saturated rings. The number of ether oxygens (including phenoxy) is 1. The van der Waals surface area contributed by atoms with Crippen molar-refractivity contribution in [1.29, 1.82) is 0 Å². The molecule has 140 valence electrons. The van der Waals surface area contributed by atoms with Crippen molar-refractivity contribution in [2.24, 2.45) is 0 Å². The quantitative estimate of drug-likeness (QED) is 0.405. The fourth-order valence-electron chi connectivity index (χ4n) is 3.55. The first-order valence-electron chi connectivity index (χ1n) is 9.98. The van der Waals surface area contributed by atoms with Crippen LogP contribution in [0.2, 0.25) is 0 Å². The van der Waals surface area contributed by atoms with E-state index in [0.29, 0.717) is 0 Å². The molecule has 0 aromatic heterocycles. The molecule has 3 rings (SSSR count). The van der Waals surface area contributed by atoms with Gasteiger partial charge in [-0.25, -0.2) is 0 Å². The van der Waals surface area contributed by atoms with Crippen molar-refractivity contribution >= 4 is 0 Å². The lowest BCUT2D eigenvalue weighted by atomic mass is 9.75. The van der Waals surface area contributed by atoms with E-state index in [1.807, 2.05) is 36.4 Å². The third-order valence-corrected chi connectivity index (χ3v) is 5.60. The molecule has 0 aliphatic carbocycles. The number of hydrogen-bond acceptors (Lipinski definition) is 1. The third kappa shape index (κ3) is 5.23. The predicted octanol–water partition coefficient (Wildman–Crippen LogP) is 7.48. The van der Waals surface area contributed by atoms with E-state index in [9.17, 15) is 0 Å². The van der Waals surface area contributed by atoms with Crippen molar-refractivity contribution in [3.05, 3.63) is 95.6 Å².